The van der Waals surface area contributed by atoms with E-state index in [0.29, 0.717) is 39.3 Å². The minimum atomic E-state index is -1.25. The molecule has 5 rings (SSSR count). The summed E-state index contributed by atoms with van der Waals surface area (Å²) < 4.78 is 38.5. The second-order valence-electron chi connectivity index (χ2n) is 12.1. The predicted octanol–water partition coefficient (Wildman–Crippen LogP) is 7.16. The van der Waals surface area contributed by atoms with Crippen molar-refractivity contribution < 1.29 is 33.2 Å². The third-order valence-electron chi connectivity index (χ3n) is 8.37. The van der Waals surface area contributed by atoms with Gasteiger partial charge in [0.05, 0.1) is 44.7 Å². The van der Waals surface area contributed by atoms with Crippen LogP contribution >= 0.6 is 0 Å². The number of unbranched alkanes of at least 4 members (excludes halogenated alkanes) is 2. The normalized spacial score (nSPS) is 27.1. The fourth-order valence-electron chi connectivity index (χ4n) is 5.92. The molecule has 0 amide bonds. The summed E-state index contributed by atoms with van der Waals surface area (Å²) in [4.78, 5) is 12.3. The van der Waals surface area contributed by atoms with E-state index in [1.165, 1.54) is 0 Å². The molecule has 1 saturated heterocycles. The zero-order valence-corrected chi connectivity index (χ0v) is 26.0. The first-order valence-corrected chi connectivity index (χ1v) is 15.9. The molecule has 0 N–H and O–H groups in total. The van der Waals surface area contributed by atoms with Gasteiger partial charge in [0.15, 0.2) is 24.0 Å². The summed E-state index contributed by atoms with van der Waals surface area (Å²) in [7, 11) is 0. The Morgan fingerprint density at radius 1 is 0.773 bits per heavy atom. The van der Waals surface area contributed by atoms with Gasteiger partial charge >= 0.3 is 0 Å². The lowest BCUT2D eigenvalue weighted by atomic mass is 10.1. The lowest BCUT2D eigenvalue weighted by Crippen LogP contribution is -2.40. The van der Waals surface area contributed by atoms with Crippen LogP contribution in [0.15, 0.2) is 91.0 Å². The van der Waals surface area contributed by atoms with Gasteiger partial charge in [-0.2, -0.15) is 0 Å². The van der Waals surface area contributed by atoms with E-state index < -0.39 is 17.7 Å². The van der Waals surface area contributed by atoms with Crippen LogP contribution in [0.3, 0.4) is 0 Å². The van der Waals surface area contributed by atoms with Crippen molar-refractivity contribution >= 4 is 6.29 Å². The van der Waals surface area contributed by atoms with Crippen LogP contribution in [0.2, 0.25) is 0 Å². The Kier molecular flexibility index (Phi) is 11.7. The summed E-state index contributed by atoms with van der Waals surface area (Å²) in [5, 5.41) is 0. The van der Waals surface area contributed by atoms with Crippen LogP contribution in [0.25, 0.3) is 0 Å². The minimum absolute atomic E-state index is 0.0549. The van der Waals surface area contributed by atoms with Gasteiger partial charge < -0.3 is 28.4 Å². The van der Waals surface area contributed by atoms with Gasteiger partial charge in [-0.1, -0.05) is 117 Å². The highest BCUT2D eigenvalue weighted by Crippen LogP contribution is 2.48. The van der Waals surface area contributed by atoms with Crippen LogP contribution in [0.4, 0.5) is 0 Å². The Morgan fingerprint density at radius 2 is 1.32 bits per heavy atom. The van der Waals surface area contributed by atoms with Crippen molar-refractivity contribution in [3.8, 4) is 0 Å². The predicted molar refractivity (Wildman–Crippen MR) is 168 cm³/mol. The largest absolute Gasteiger partial charge is 0.373 e. The molecule has 2 unspecified atom stereocenters. The number of aldehydes is 1. The van der Waals surface area contributed by atoms with Gasteiger partial charge in [-0.3, -0.25) is 4.79 Å². The molecule has 44 heavy (non-hydrogen) atoms. The van der Waals surface area contributed by atoms with E-state index in [0.717, 1.165) is 48.7 Å². The molecule has 7 heteroatoms. The molecule has 3 aromatic carbocycles. The molecule has 1 saturated carbocycles. The molecule has 1 heterocycles. The maximum absolute atomic E-state index is 12.3. The highest BCUT2D eigenvalue weighted by atomic mass is 16.8. The third-order valence-corrected chi connectivity index (χ3v) is 8.37. The molecule has 7 nitrogen and oxygen atoms in total. The topological polar surface area (TPSA) is 72.5 Å². The Hall–Kier alpha value is -2.91. The molecule has 2 fully saturated rings. The number of hydrogen-bond acceptors (Lipinski definition) is 7. The molecule has 1 aliphatic carbocycles. The first kappa shape index (κ1) is 32.5. The van der Waals surface area contributed by atoms with Crippen molar-refractivity contribution in [3.05, 3.63) is 108 Å². The third kappa shape index (κ3) is 8.84. The summed E-state index contributed by atoms with van der Waals surface area (Å²) in [6, 6.07) is 30.1. The van der Waals surface area contributed by atoms with Gasteiger partial charge in [0.1, 0.15) is 0 Å². The summed E-state index contributed by atoms with van der Waals surface area (Å²) in [5.74, 6) is -1.06. The van der Waals surface area contributed by atoms with Crippen molar-refractivity contribution in [3.63, 3.8) is 0 Å². The highest BCUT2D eigenvalue weighted by Gasteiger charge is 2.61. The minimum Gasteiger partial charge on any atom is -0.373 e. The fourth-order valence-corrected chi connectivity index (χ4v) is 5.92. The average molecular weight is 603 g/mol. The second kappa shape index (κ2) is 15.9. The van der Waals surface area contributed by atoms with Crippen LogP contribution in [0.5, 0.6) is 0 Å². The zero-order valence-electron chi connectivity index (χ0n) is 26.0. The number of ether oxygens (including phenoxy) is 6. The van der Waals surface area contributed by atoms with E-state index in [9.17, 15) is 4.79 Å². The van der Waals surface area contributed by atoms with Crippen LogP contribution in [-0.2, 0) is 53.0 Å². The number of carbonyl (C=O) groups excluding carboxylic acids is 1. The summed E-state index contributed by atoms with van der Waals surface area (Å²) >= 11 is 0. The standard InChI is InChI=1S/C37H46O7/c1-3-4-8-21-32(39-24-29-15-9-5-10-16-29)27-41-34-23-37(22-33(34)40-25-30-17-11-6-12-18-30)43-35(36(2,28-38)44-37)42-26-31-19-13-7-14-20-31/h5-7,9-20,28,32-35H,3-4,8,21-27H2,1-2H3/t32-,33+,34+,35?,36?,37+/m0/s1. The second-order valence-corrected chi connectivity index (χ2v) is 12.1. The van der Waals surface area contributed by atoms with E-state index in [4.69, 9.17) is 28.4 Å². The Labute approximate surface area is 261 Å². The molecule has 0 radical (unpaired) electrons. The molecule has 1 aliphatic heterocycles. The molecule has 0 aromatic heterocycles. The molecule has 6 atom stereocenters. The van der Waals surface area contributed by atoms with Gasteiger partial charge in [-0.05, 0) is 30.0 Å². The van der Waals surface area contributed by atoms with E-state index in [1.807, 2.05) is 78.9 Å². The number of carbonyl (C=O) groups is 1. The molecular formula is C37H46O7. The van der Waals surface area contributed by atoms with Crippen LogP contribution < -0.4 is 0 Å². The zero-order chi connectivity index (χ0) is 30.7. The maximum atomic E-state index is 12.3. The van der Waals surface area contributed by atoms with Gasteiger partial charge in [-0.15, -0.1) is 0 Å². The smallest absolute Gasteiger partial charge is 0.196 e. The van der Waals surface area contributed by atoms with Gasteiger partial charge in [0, 0.05) is 12.8 Å². The van der Waals surface area contributed by atoms with Crippen molar-refractivity contribution in [2.75, 3.05) is 6.61 Å². The summed E-state index contributed by atoms with van der Waals surface area (Å²) in [5.41, 5.74) is 1.95. The SMILES string of the molecule is CCCCC[C@@H](CO[C@@H]1C[C@]2(C[C@H]1OCc1ccccc1)OC(OCc1ccccc1)C(C)(C=O)O2)OCc1ccccc1. The van der Waals surface area contributed by atoms with E-state index in [2.05, 4.69) is 19.1 Å². The first-order chi connectivity index (χ1) is 21.5. The average Bonchev–Trinajstić information content (AvgIpc) is 3.55. The summed E-state index contributed by atoms with van der Waals surface area (Å²) in [6.07, 6.45) is 4.39. The molecule has 2 aliphatic rings. The van der Waals surface area contributed by atoms with Gasteiger partial charge in [0.25, 0.3) is 0 Å². The number of benzene rings is 3. The van der Waals surface area contributed by atoms with Gasteiger partial charge in [0.2, 0.25) is 0 Å². The summed E-state index contributed by atoms with van der Waals surface area (Å²) in [6.45, 7) is 5.63. The van der Waals surface area contributed by atoms with Gasteiger partial charge in [-0.25, -0.2) is 0 Å². The van der Waals surface area contributed by atoms with E-state index in [-0.39, 0.29) is 18.3 Å². The van der Waals surface area contributed by atoms with E-state index in [1.54, 1.807) is 6.92 Å². The van der Waals surface area contributed by atoms with Crippen molar-refractivity contribution in [1.29, 1.82) is 0 Å². The fraction of sp³-hybridized carbons (Fsp3) is 0.486. The monoisotopic (exact) mass is 602 g/mol. The maximum Gasteiger partial charge on any atom is 0.196 e. The molecule has 3 aromatic rings. The van der Waals surface area contributed by atoms with Crippen molar-refractivity contribution in [2.24, 2.45) is 0 Å². The van der Waals surface area contributed by atoms with E-state index >= 15 is 0 Å². The molecule has 236 valence electrons. The lowest BCUT2D eigenvalue weighted by Gasteiger charge is -2.24. The Morgan fingerprint density at radius 3 is 1.89 bits per heavy atom. The lowest BCUT2D eigenvalue weighted by molar-refractivity contribution is -0.215. The first-order valence-electron chi connectivity index (χ1n) is 15.9. The quantitative estimate of drug-likeness (QED) is 0.120. The van der Waals surface area contributed by atoms with Crippen molar-refractivity contribution in [2.45, 2.75) is 108 Å². The van der Waals surface area contributed by atoms with Crippen LogP contribution in [0.1, 0.15) is 69.1 Å². The van der Waals surface area contributed by atoms with Crippen LogP contribution in [-0.4, -0.2) is 48.9 Å². The molecule has 1 spiro atoms. The van der Waals surface area contributed by atoms with Crippen molar-refractivity contribution in [1.82, 2.24) is 0 Å². The molecule has 0 bridgehead atoms. The number of rotatable bonds is 17. The molecular weight excluding hydrogens is 556 g/mol. The number of hydrogen-bond donors (Lipinski definition) is 0. The highest BCUT2D eigenvalue weighted by molar-refractivity contribution is 5.63. The Balaban J connectivity index is 1.27. The Bertz CT molecular complexity index is 1260. The van der Waals surface area contributed by atoms with Crippen LogP contribution in [0, 0.1) is 0 Å².